The lowest BCUT2D eigenvalue weighted by Crippen LogP contribution is -2.13. The van der Waals surface area contributed by atoms with Gasteiger partial charge in [-0.2, -0.15) is 10.2 Å². The van der Waals surface area contributed by atoms with Crippen molar-refractivity contribution in [3.8, 4) is 0 Å². The third-order valence-electron chi connectivity index (χ3n) is 4.77. The fraction of sp³-hybridized carbons (Fsp3) is 0.174. The zero-order chi connectivity index (χ0) is 21.1. The molecule has 0 atom stereocenters. The highest BCUT2D eigenvalue weighted by atomic mass is 35.5. The van der Waals surface area contributed by atoms with Crippen LogP contribution in [0.3, 0.4) is 0 Å². The van der Waals surface area contributed by atoms with Crippen molar-refractivity contribution in [2.45, 2.75) is 26.9 Å². The van der Waals surface area contributed by atoms with Gasteiger partial charge in [0.25, 0.3) is 5.91 Å². The molecule has 4 rings (SSSR count). The zero-order valence-corrected chi connectivity index (χ0v) is 17.6. The summed E-state index contributed by atoms with van der Waals surface area (Å²) in [5, 5.41) is 12.4. The maximum absolute atomic E-state index is 12.6. The predicted octanol–water partition coefficient (Wildman–Crippen LogP) is 4.70. The van der Waals surface area contributed by atoms with E-state index in [9.17, 15) is 4.79 Å². The van der Waals surface area contributed by atoms with E-state index in [1.807, 2.05) is 79.3 Å². The molecule has 0 saturated heterocycles. The molecule has 2 aromatic heterocycles. The molecule has 6 nitrogen and oxygen atoms in total. The smallest absolute Gasteiger partial charge is 0.256 e. The fourth-order valence-corrected chi connectivity index (χ4v) is 3.51. The predicted molar refractivity (Wildman–Crippen MR) is 118 cm³/mol. The molecule has 7 heteroatoms. The van der Waals surface area contributed by atoms with Gasteiger partial charge in [-0.15, -0.1) is 0 Å². The Morgan fingerprint density at radius 2 is 1.77 bits per heavy atom. The van der Waals surface area contributed by atoms with Gasteiger partial charge in [0, 0.05) is 28.5 Å². The minimum Gasteiger partial charge on any atom is -0.305 e. The summed E-state index contributed by atoms with van der Waals surface area (Å²) in [7, 11) is 0. The molecule has 0 saturated carbocycles. The highest BCUT2D eigenvalue weighted by Gasteiger charge is 2.09. The molecule has 152 valence electrons. The van der Waals surface area contributed by atoms with E-state index in [4.69, 9.17) is 11.6 Å². The van der Waals surface area contributed by atoms with Crippen molar-refractivity contribution in [3.63, 3.8) is 0 Å². The van der Waals surface area contributed by atoms with Crippen LogP contribution in [0.1, 0.15) is 32.9 Å². The monoisotopic (exact) mass is 419 g/mol. The van der Waals surface area contributed by atoms with Crippen LogP contribution in [-0.2, 0) is 13.1 Å². The Morgan fingerprint density at radius 3 is 2.47 bits per heavy atom. The summed E-state index contributed by atoms with van der Waals surface area (Å²) in [6.45, 7) is 5.27. The van der Waals surface area contributed by atoms with E-state index in [1.54, 1.807) is 10.7 Å². The second-order valence-electron chi connectivity index (χ2n) is 7.26. The van der Waals surface area contributed by atoms with Crippen LogP contribution < -0.4 is 5.32 Å². The van der Waals surface area contributed by atoms with Crippen LogP contribution in [-0.4, -0.2) is 25.5 Å². The average Bonchev–Trinajstić information content (AvgIpc) is 3.27. The average molecular weight is 420 g/mol. The van der Waals surface area contributed by atoms with E-state index in [1.165, 1.54) is 0 Å². The van der Waals surface area contributed by atoms with E-state index < -0.39 is 0 Å². The number of aromatic nitrogens is 4. The van der Waals surface area contributed by atoms with E-state index in [2.05, 4.69) is 15.5 Å². The van der Waals surface area contributed by atoms with Crippen molar-refractivity contribution in [2.75, 3.05) is 5.32 Å². The first-order valence-corrected chi connectivity index (χ1v) is 10.0. The summed E-state index contributed by atoms with van der Waals surface area (Å²) in [4.78, 5) is 12.6. The molecule has 1 N–H and O–H groups in total. The Hall–Kier alpha value is -3.38. The number of carbonyl (C=O) groups is 1. The van der Waals surface area contributed by atoms with Gasteiger partial charge < -0.3 is 5.32 Å². The van der Waals surface area contributed by atoms with Crippen molar-refractivity contribution in [1.82, 2.24) is 19.6 Å². The number of nitrogens with one attached hydrogen (secondary N) is 1. The van der Waals surface area contributed by atoms with Gasteiger partial charge in [0.2, 0.25) is 0 Å². The van der Waals surface area contributed by atoms with Gasteiger partial charge in [0.15, 0.2) is 5.82 Å². The lowest BCUT2D eigenvalue weighted by Gasteiger charge is -2.07. The van der Waals surface area contributed by atoms with Gasteiger partial charge >= 0.3 is 0 Å². The summed E-state index contributed by atoms with van der Waals surface area (Å²) in [6, 6.07) is 19.0. The van der Waals surface area contributed by atoms with Gasteiger partial charge in [0.05, 0.1) is 18.8 Å². The largest absolute Gasteiger partial charge is 0.305 e. The van der Waals surface area contributed by atoms with Crippen LogP contribution in [0.2, 0.25) is 5.02 Å². The molecule has 0 radical (unpaired) electrons. The number of halogens is 1. The third-order valence-corrected chi connectivity index (χ3v) is 5.00. The molecule has 4 aromatic rings. The van der Waals surface area contributed by atoms with Crippen molar-refractivity contribution >= 4 is 23.3 Å². The van der Waals surface area contributed by atoms with Crippen molar-refractivity contribution in [2.24, 2.45) is 0 Å². The van der Waals surface area contributed by atoms with Gasteiger partial charge in [-0.3, -0.25) is 14.2 Å². The highest BCUT2D eigenvalue weighted by molar-refractivity contribution is 6.30. The van der Waals surface area contributed by atoms with Crippen molar-refractivity contribution in [3.05, 3.63) is 100.0 Å². The molecule has 2 aromatic carbocycles. The summed E-state index contributed by atoms with van der Waals surface area (Å²) in [5.74, 6) is 0.314. The van der Waals surface area contributed by atoms with Crippen LogP contribution in [0.4, 0.5) is 5.82 Å². The Labute approximate surface area is 180 Å². The Balaban J connectivity index is 1.38. The highest BCUT2D eigenvalue weighted by Crippen LogP contribution is 2.14. The first kappa shape index (κ1) is 19.9. The first-order valence-electron chi connectivity index (χ1n) is 9.65. The summed E-state index contributed by atoms with van der Waals surface area (Å²) in [5.41, 5.74) is 4.82. The maximum Gasteiger partial charge on any atom is 0.256 e. The fourth-order valence-electron chi connectivity index (χ4n) is 3.30. The SMILES string of the molecule is Cc1cc(C)n(Cc2ccc(C(=O)Nc3ccn(Cc4cccc(Cl)c4)n3)cc2)n1. The second-order valence-corrected chi connectivity index (χ2v) is 7.70. The number of hydrogen-bond donors (Lipinski definition) is 1. The molecular weight excluding hydrogens is 398 g/mol. The number of amides is 1. The lowest BCUT2D eigenvalue weighted by molar-refractivity contribution is 0.102. The quantitative estimate of drug-likeness (QED) is 0.492. The Morgan fingerprint density at radius 1 is 0.967 bits per heavy atom. The minimum absolute atomic E-state index is 0.194. The number of rotatable bonds is 6. The van der Waals surface area contributed by atoms with Gasteiger partial charge in [-0.25, -0.2) is 0 Å². The molecule has 0 aliphatic rings. The molecule has 2 heterocycles. The van der Waals surface area contributed by atoms with Crippen LogP contribution in [0.25, 0.3) is 0 Å². The van der Waals surface area contributed by atoms with Crippen LogP contribution >= 0.6 is 11.6 Å². The Kier molecular flexibility index (Phi) is 5.68. The van der Waals surface area contributed by atoms with Gasteiger partial charge in [-0.1, -0.05) is 35.9 Å². The van der Waals surface area contributed by atoms with E-state index in [-0.39, 0.29) is 5.91 Å². The normalized spacial score (nSPS) is 10.9. The molecule has 0 fully saturated rings. The number of anilines is 1. The van der Waals surface area contributed by atoms with Crippen LogP contribution in [0.15, 0.2) is 66.9 Å². The van der Waals surface area contributed by atoms with E-state index >= 15 is 0 Å². The standard InChI is InChI=1S/C23H22ClN5O/c1-16-12-17(2)29(26-16)15-18-6-8-20(9-7-18)23(30)25-22-10-11-28(27-22)14-19-4-3-5-21(24)13-19/h3-13H,14-15H2,1-2H3,(H,25,27,30). The number of hydrogen-bond acceptors (Lipinski definition) is 3. The summed E-state index contributed by atoms with van der Waals surface area (Å²) >= 11 is 6.03. The van der Waals surface area contributed by atoms with Crippen molar-refractivity contribution < 1.29 is 4.79 Å². The number of nitrogens with zero attached hydrogens (tertiary/aromatic N) is 4. The molecule has 1 amide bonds. The molecule has 30 heavy (non-hydrogen) atoms. The number of benzene rings is 2. The molecular formula is C23H22ClN5O. The second kappa shape index (κ2) is 8.55. The lowest BCUT2D eigenvalue weighted by atomic mass is 10.1. The van der Waals surface area contributed by atoms with Crippen LogP contribution in [0.5, 0.6) is 0 Å². The summed E-state index contributed by atoms with van der Waals surface area (Å²) < 4.78 is 3.72. The molecule has 0 unspecified atom stereocenters. The number of aryl methyl sites for hydroxylation is 2. The molecule has 0 bridgehead atoms. The van der Waals surface area contributed by atoms with Gasteiger partial charge in [-0.05, 0) is 55.3 Å². The minimum atomic E-state index is -0.194. The Bertz CT molecular complexity index is 1180. The number of carbonyl (C=O) groups excluding carboxylic acids is 1. The van der Waals surface area contributed by atoms with Gasteiger partial charge in [0.1, 0.15) is 0 Å². The maximum atomic E-state index is 12.6. The van der Waals surface area contributed by atoms with E-state index in [0.29, 0.717) is 29.5 Å². The van der Waals surface area contributed by atoms with Crippen molar-refractivity contribution in [1.29, 1.82) is 0 Å². The van der Waals surface area contributed by atoms with E-state index in [0.717, 1.165) is 22.5 Å². The molecule has 0 aliphatic carbocycles. The third kappa shape index (κ3) is 4.78. The molecule has 0 aliphatic heterocycles. The molecule has 0 spiro atoms. The van der Waals surface area contributed by atoms with Crippen LogP contribution in [0, 0.1) is 13.8 Å². The zero-order valence-electron chi connectivity index (χ0n) is 16.8. The first-order chi connectivity index (χ1) is 14.5. The summed E-state index contributed by atoms with van der Waals surface area (Å²) in [6.07, 6.45) is 1.83. The topological polar surface area (TPSA) is 64.7 Å².